The van der Waals surface area contributed by atoms with E-state index < -0.39 is 18.0 Å². The fourth-order valence-corrected chi connectivity index (χ4v) is 4.84. The fourth-order valence-electron chi connectivity index (χ4n) is 4.84. The van der Waals surface area contributed by atoms with Gasteiger partial charge in [-0.1, -0.05) is 43.3 Å². The van der Waals surface area contributed by atoms with E-state index in [1.54, 1.807) is 32.0 Å². The minimum atomic E-state index is -1.01. The second-order valence-corrected chi connectivity index (χ2v) is 8.93. The highest BCUT2D eigenvalue weighted by atomic mass is 16.4. The van der Waals surface area contributed by atoms with E-state index in [-0.39, 0.29) is 11.5 Å². The van der Waals surface area contributed by atoms with Crippen molar-refractivity contribution < 1.29 is 19.5 Å². The average Bonchev–Trinajstić information content (AvgIpc) is 3.33. The molecule has 2 heterocycles. The number of anilines is 1. The standard InChI is InChI=1S/C28H26N4O4/c1-4-8-24-30-21-13-11-19(31-26(33)17(3)29-28(31)36)15-23(21)32(24)22-14-12-20(18-9-6-5-7-10-18)25(16(22)2)27(34)35/h5-7,9-15,17H,4,8H2,1-3H3,(H,29,36)(H,34,35). The van der Waals surface area contributed by atoms with Crippen LogP contribution in [0.4, 0.5) is 10.5 Å². The maximum atomic E-state index is 12.6. The fraction of sp³-hybridized carbons (Fsp3) is 0.214. The molecule has 0 bridgehead atoms. The van der Waals surface area contributed by atoms with Crippen molar-refractivity contribution in [2.45, 2.75) is 39.7 Å². The molecule has 8 nitrogen and oxygen atoms in total. The first-order valence-electron chi connectivity index (χ1n) is 11.9. The predicted octanol–water partition coefficient (Wildman–Crippen LogP) is 5.10. The van der Waals surface area contributed by atoms with Gasteiger partial charge in [0.2, 0.25) is 0 Å². The quantitative estimate of drug-likeness (QED) is 0.372. The third-order valence-electron chi connectivity index (χ3n) is 6.55. The lowest BCUT2D eigenvalue weighted by atomic mass is 9.94. The Labute approximate surface area is 208 Å². The van der Waals surface area contributed by atoms with Crippen molar-refractivity contribution in [1.82, 2.24) is 14.9 Å². The highest BCUT2D eigenvalue weighted by molar-refractivity contribution is 6.21. The lowest BCUT2D eigenvalue weighted by Gasteiger charge is -2.18. The number of amides is 3. The van der Waals surface area contributed by atoms with Gasteiger partial charge in [-0.05, 0) is 61.2 Å². The van der Waals surface area contributed by atoms with E-state index in [1.807, 2.05) is 47.0 Å². The molecule has 36 heavy (non-hydrogen) atoms. The van der Waals surface area contributed by atoms with Gasteiger partial charge in [-0.25, -0.2) is 19.5 Å². The van der Waals surface area contributed by atoms with Gasteiger partial charge in [0.1, 0.15) is 11.9 Å². The van der Waals surface area contributed by atoms with E-state index in [4.69, 9.17) is 4.98 Å². The maximum absolute atomic E-state index is 12.6. The molecule has 1 unspecified atom stereocenters. The smallest absolute Gasteiger partial charge is 0.336 e. The number of hydrogen-bond donors (Lipinski definition) is 2. The van der Waals surface area contributed by atoms with Crippen LogP contribution in [0.25, 0.3) is 27.8 Å². The number of imidazole rings is 1. The number of nitrogens with zero attached hydrogens (tertiary/aromatic N) is 3. The number of carboxylic acids is 1. The molecule has 4 aromatic rings. The summed E-state index contributed by atoms with van der Waals surface area (Å²) in [6.07, 6.45) is 1.51. The number of aryl methyl sites for hydroxylation is 1. The molecule has 3 aromatic carbocycles. The summed E-state index contributed by atoms with van der Waals surface area (Å²) in [4.78, 5) is 43.4. The molecule has 3 amide bonds. The summed E-state index contributed by atoms with van der Waals surface area (Å²) in [6, 6.07) is 17.4. The number of carbonyl (C=O) groups excluding carboxylic acids is 2. The van der Waals surface area contributed by atoms with Crippen LogP contribution in [0, 0.1) is 6.92 Å². The van der Waals surface area contributed by atoms with E-state index in [0.717, 1.165) is 22.7 Å². The van der Waals surface area contributed by atoms with Crippen LogP contribution in [-0.4, -0.2) is 38.6 Å². The second-order valence-electron chi connectivity index (χ2n) is 8.93. The first kappa shape index (κ1) is 23.3. The Morgan fingerprint density at radius 2 is 1.83 bits per heavy atom. The van der Waals surface area contributed by atoms with Crippen LogP contribution in [-0.2, 0) is 11.2 Å². The van der Waals surface area contributed by atoms with Crippen molar-refractivity contribution in [2.24, 2.45) is 0 Å². The van der Waals surface area contributed by atoms with E-state index >= 15 is 0 Å². The zero-order chi connectivity index (χ0) is 25.6. The Morgan fingerprint density at radius 1 is 1.08 bits per heavy atom. The number of fused-ring (bicyclic) bond motifs is 1. The van der Waals surface area contributed by atoms with Crippen LogP contribution >= 0.6 is 0 Å². The Kier molecular flexibility index (Phi) is 5.80. The molecule has 0 aliphatic carbocycles. The van der Waals surface area contributed by atoms with Crippen molar-refractivity contribution in [3.05, 3.63) is 77.6 Å². The van der Waals surface area contributed by atoms with Gasteiger partial charge in [0.05, 0.1) is 28.0 Å². The average molecular weight is 483 g/mol. The maximum Gasteiger partial charge on any atom is 0.336 e. The monoisotopic (exact) mass is 482 g/mol. The molecule has 0 spiro atoms. The number of aromatic nitrogens is 2. The van der Waals surface area contributed by atoms with Crippen molar-refractivity contribution in [3.8, 4) is 16.8 Å². The number of hydrogen-bond acceptors (Lipinski definition) is 4. The Morgan fingerprint density at radius 3 is 2.47 bits per heavy atom. The van der Waals surface area contributed by atoms with Gasteiger partial charge in [0, 0.05) is 6.42 Å². The number of rotatable bonds is 6. The molecule has 1 aliphatic heterocycles. The minimum absolute atomic E-state index is 0.224. The largest absolute Gasteiger partial charge is 0.478 e. The predicted molar refractivity (Wildman–Crippen MR) is 138 cm³/mol. The molecule has 1 aliphatic rings. The first-order valence-corrected chi connectivity index (χ1v) is 11.9. The number of imide groups is 1. The zero-order valence-corrected chi connectivity index (χ0v) is 20.3. The molecule has 2 N–H and O–H groups in total. The Balaban J connectivity index is 1.74. The molecule has 5 rings (SSSR count). The van der Waals surface area contributed by atoms with E-state index in [1.165, 1.54) is 0 Å². The van der Waals surface area contributed by atoms with E-state index in [0.29, 0.717) is 40.0 Å². The van der Waals surface area contributed by atoms with Crippen molar-refractivity contribution >= 4 is 34.6 Å². The number of aromatic carboxylic acids is 1. The van der Waals surface area contributed by atoms with Gasteiger partial charge in [-0.3, -0.25) is 9.36 Å². The number of nitrogens with one attached hydrogen (secondary N) is 1. The van der Waals surface area contributed by atoms with Crippen LogP contribution in [0.3, 0.4) is 0 Å². The molecule has 1 atom stereocenters. The van der Waals surface area contributed by atoms with Crippen molar-refractivity contribution in [3.63, 3.8) is 0 Å². The molecule has 0 saturated carbocycles. The van der Waals surface area contributed by atoms with Crippen LogP contribution in [0.2, 0.25) is 0 Å². The van der Waals surface area contributed by atoms with E-state index in [9.17, 15) is 19.5 Å². The summed E-state index contributed by atoms with van der Waals surface area (Å²) >= 11 is 0. The summed E-state index contributed by atoms with van der Waals surface area (Å²) in [6.45, 7) is 5.50. The molecule has 1 aromatic heterocycles. The number of carbonyl (C=O) groups is 3. The Hall–Kier alpha value is -4.46. The van der Waals surface area contributed by atoms with Gasteiger partial charge in [0.15, 0.2) is 0 Å². The van der Waals surface area contributed by atoms with Crippen LogP contribution in [0.5, 0.6) is 0 Å². The SMILES string of the molecule is CCCc1nc2ccc(N3C(=O)NC(C)C3=O)cc2n1-c1ccc(-c2ccccc2)c(C(=O)O)c1C. The lowest BCUT2D eigenvalue weighted by molar-refractivity contribution is -0.117. The van der Waals surface area contributed by atoms with Crippen LogP contribution in [0.1, 0.15) is 42.0 Å². The van der Waals surface area contributed by atoms with Gasteiger partial charge in [0.25, 0.3) is 5.91 Å². The van der Waals surface area contributed by atoms with Crippen molar-refractivity contribution in [1.29, 1.82) is 0 Å². The van der Waals surface area contributed by atoms with Crippen LogP contribution in [0.15, 0.2) is 60.7 Å². The molecule has 1 saturated heterocycles. The third kappa shape index (κ3) is 3.71. The Bertz CT molecular complexity index is 1520. The third-order valence-corrected chi connectivity index (χ3v) is 6.55. The summed E-state index contributed by atoms with van der Waals surface area (Å²) in [7, 11) is 0. The molecular weight excluding hydrogens is 456 g/mol. The minimum Gasteiger partial charge on any atom is -0.478 e. The molecule has 1 fully saturated rings. The zero-order valence-electron chi connectivity index (χ0n) is 20.3. The topological polar surface area (TPSA) is 105 Å². The van der Waals surface area contributed by atoms with E-state index in [2.05, 4.69) is 12.2 Å². The van der Waals surface area contributed by atoms with Gasteiger partial charge in [-0.2, -0.15) is 0 Å². The highest BCUT2D eigenvalue weighted by Gasteiger charge is 2.36. The normalized spacial score (nSPS) is 15.5. The summed E-state index contributed by atoms with van der Waals surface area (Å²) in [5, 5.41) is 12.8. The number of benzene rings is 3. The molecule has 8 heteroatoms. The highest BCUT2D eigenvalue weighted by Crippen LogP contribution is 2.34. The lowest BCUT2D eigenvalue weighted by Crippen LogP contribution is -2.30. The summed E-state index contributed by atoms with van der Waals surface area (Å²) in [5.41, 5.74) is 4.82. The molecule has 182 valence electrons. The van der Waals surface area contributed by atoms with Gasteiger partial charge >= 0.3 is 12.0 Å². The van der Waals surface area contributed by atoms with Gasteiger partial charge in [-0.15, -0.1) is 0 Å². The number of urea groups is 1. The summed E-state index contributed by atoms with van der Waals surface area (Å²) in [5.74, 6) is -0.554. The number of carboxylic acid groups (broad SMARTS) is 1. The molecule has 0 radical (unpaired) electrons. The van der Waals surface area contributed by atoms with Gasteiger partial charge < -0.3 is 10.4 Å². The second kappa shape index (κ2) is 8.96. The van der Waals surface area contributed by atoms with Crippen molar-refractivity contribution in [2.75, 3.05) is 4.90 Å². The molecular formula is C28H26N4O4. The first-order chi connectivity index (χ1) is 17.3. The summed E-state index contributed by atoms with van der Waals surface area (Å²) < 4.78 is 1.95. The van der Waals surface area contributed by atoms with Crippen LogP contribution < -0.4 is 10.2 Å².